The molecule has 0 radical (unpaired) electrons. The first-order valence-electron chi connectivity index (χ1n) is 9.35. The van der Waals surface area contributed by atoms with Crippen LogP contribution < -0.4 is 10.2 Å². The fraction of sp³-hybridized carbons (Fsp3) is 0.579. The lowest BCUT2D eigenvalue weighted by Gasteiger charge is -2.35. The van der Waals surface area contributed by atoms with E-state index >= 15 is 0 Å². The summed E-state index contributed by atoms with van der Waals surface area (Å²) in [6.07, 6.45) is 9.53. The molecule has 0 spiro atoms. The average Bonchev–Trinajstić information content (AvgIpc) is 3.27. The molecule has 1 unspecified atom stereocenters. The second-order valence-corrected chi connectivity index (χ2v) is 7.36. The van der Waals surface area contributed by atoms with Gasteiger partial charge in [0.25, 0.3) is 0 Å². The number of hydrogen-bond donors (Lipinski definition) is 2. The summed E-state index contributed by atoms with van der Waals surface area (Å²) in [5.41, 5.74) is 0. The Bertz CT molecular complexity index is 639. The monoisotopic (exact) mass is 341 g/mol. The molecule has 1 saturated carbocycles. The molecule has 2 aromatic rings. The highest BCUT2D eigenvalue weighted by molar-refractivity contribution is 5.38. The highest BCUT2D eigenvalue weighted by atomic mass is 16.3. The van der Waals surface area contributed by atoms with Gasteiger partial charge in [0.15, 0.2) is 0 Å². The quantitative estimate of drug-likeness (QED) is 0.866. The molecule has 2 N–H and O–H groups in total. The number of nitrogens with zero attached hydrogens (tertiary/aromatic N) is 4. The molecule has 25 heavy (non-hydrogen) atoms. The number of piperidine rings is 1. The van der Waals surface area contributed by atoms with Crippen LogP contribution in [0.5, 0.6) is 0 Å². The Balaban J connectivity index is 1.26. The molecule has 1 aliphatic heterocycles. The predicted octanol–water partition coefficient (Wildman–Crippen LogP) is 1.68. The standard InChI is InChI=1S/C19H27N5O/c25-18-13-15(14-24-9-3-8-21-24)12-17(18)22-16-5-10-23(11-6-16)19-4-1-2-7-20-19/h1-4,7-9,15-18,22,25H,5-6,10-14H2/t15?,17-,18-/m1/s1. The zero-order valence-electron chi connectivity index (χ0n) is 14.5. The van der Waals surface area contributed by atoms with Gasteiger partial charge in [-0.1, -0.05) is 6.07 Å². The first kappa shape index (κ1) is 16.5. The second-order valence-electron chi connectivity index (χ2n) is 7.36. The van der Waals surface area contributed by atoms with Crippen LogP contribution in [0.4, 0.5) is 5.82 Å². The third kappa shape index (κ3) is 4.02. The van der Waals surface area contributed by atoms with Crippen molar-refractivity contribution >= 4 is 5.82 Å². The minimum absolute atomic E-state index is 0.215. The predicted molar refractivity (Wildman–Crippen MR) is 97.4 cm³/mol. The number of aromatic nitrogens is 3. The van der Waals surface area contributed by atoms with Crippen LogP contribution in [-0.2, 0) is 6.54 Å². The van der Waals surface area contributed by atoms with Gasteiger partial charge in [0, 0.05) is 50.3 Å². The molecular formula is C19H27N5O. The minimum atomic E-state index is -0.241. The summed E-state index contributed by atoms with van der Waals surface area (Å²) >= 11 is 0. The van der Waals surface area contributed by atoms with Gasteiger partial charge in [0.1, 0.15) is 5.82 Å². The molecule has 0 bridgehead atoms. The summed E-state index contributed by atoms with van der Waals surface area (Å²) in [7, 11) is 0. The summed E-state index contributed by atoms with van der Waals surface area (Å²) in [6.45, 7) is 2.95. The Kier molecular flexibility index (Phi) is 4.99. The fourth-order valence-corrected chi connectivity index (χ4v) is 4.24. The maximum Gasteiger partial charge on any atom is 0.128 e. The van der Waals surface area contributed by atoms with E-state index in [1.54, 1.807) is 0 Å². The van der Waals surface area contributed by atoms with Crippen molar-refractivity contribution in [1.82, 2.24) is 20.1 Å². The Labute approximate surface area is 148 Å². The molecular weight excluding hydrogens is 314 g/mol. The van der Waals surface area contributed by atoms with Crippen molar-refractivity contribution in [3.8, 4) is 0 Å². The summed E-state index contributed by atoms with van der Waals surface area (Å²) in [6, 6.07) is 8.74. The van der Waals surface area contributed by atoms with E-state index in [0.29, 0.717) is 12.0 Å². The second kappa shape index (κ2) is 7.54. The Morgan fingerprint density at radius 1 is 1.12 bits per heavy atom. The number of rotatable bonds is 5. The molecule has 1 saturated heterocycles. The highest BCUT2D eigenvalue weighted by Gasteiger charge is 2.35. The normalized spacial score (nSPS) is 27.7. The van der Waals surface area contributed by atoms with E-state index in [4.69, 9.17) is 0 Å². The maximum atomic E-state index is 10.4. The van der Waals surface area contributed by atoms with Crippen molar-refractivity contribution in [2.45, 2.75) is 50.4 Å². The SMILES string of the molecule is O[C@@H]1CC(Cn2cccn2)C[C@H]1NC1CCN(c2ccccn2)CC1. The molecule has 2 aromatic heterocycles. The van der Waals surface area contributed by atoms with Gasteiger partial charge in [0.2, 0.25) is 0 Å². The number of nitrogens with one attached hydrogen (secondary N) is 1. The Morgan fingerprint density at radius 3 is 2.72 bits per heavy atom. The number of aliphatic hydroxyl groups excluding tert-OH is 1. The van der Waals surface area contributed by atoms with Gasteiger partial charge >= 0.3 is 0 Å². The Morgan fingerprint density at radius 2 is 2.00 bits per heavy atom. The molecule has 0 amide bonds. The van der Waals surface area contributed by atoms with E-state index < -0.39 is 0 Å². The minimum Gasteiger partial charge on any atom is -0.391 e. The van der Waals surface area contributed by atoms with Gasteiger partial charge in [-0.15, -0.1) is 0 Å². The molecule has 1 aliphatic carbocycles. The van der Waals surface area contributed by atoms with Crippen molar-refractivity contribution in [3.05, 3.63) is 42.9 Å². The molecule has 4 rings (SSSR count). The van der Waals surface area contributed by atoms with Crippen LogP contribution in [0.1, 0.15) is 25.7 Å². The van der Waals surface area contributed by atoms with E-state index in [9.17, 15) is 5.11 Å². The van der Waals surface area contributed by atoms with Crippen LogP contribution in [0.25, 0.3) is 0 Å². The summed E-state index contributed by atoms with van der Waals surface area (Å²) < 4.78 is 1.98. The first-order chi connectivity index (χ1) is 12.3. The summed E-state index contributed by atoms with van der Waals surface area (Å²) in [5, 5.41) is 18.4. The van der Waals surface area contributed by atoms with Crippen molar-refractivity contribution in [3.63, 3.8) is 0 Å². The fourth-order valence-electron chi connectivity index (χ4n) is 4.24. The van der Waals surface area contributed by atoms with Crippen LogP contribution in [0.2, 0.25) is 0 Å². The van der Waals surface area contributed by atoms with E-state index in [1.165, 1.54) is 0 Å². The van der Waals surface area contributed by atoms with E-state index in [-0.39, 0.29) is 12.1 Å². The first-order valence-corrected chi connectivity index (χ1v) is 9.35. The van der Waals surface area contributed by atoms with Gasteiger partial charge in [-0.05, 0) is 49.8 Å². The van der Waals surface area contributed by atoms with Gasteiger partial charge in [-0.3, -0.25) is 4.68 Å². The molecule has 134 valence electrons. The van der Waals surface area contributed by atoms with Crippen molar-refractivity contribution in [1.29, 1.82) is 0 Å². The van der Waals surface area contributed by atoms with Crippen LogP contribution in [0, 0.1) is 5.92 Å². The van der Waals surface area contributed by atoms with Crippen molar-refractivity contribution in [2.24, 2.45) is 5.92 Å². The molecule has 3 atom stereocenters. The number of pyridine rings is 1. The van der Waals surface area contributed by atoms with Crippen LogP contribution in [-0.4, -0.2) is 51.1 Å². The van der Waals surface area contributed by atoms with E-state index in [0.717, 1.165) is 51.1 Å². The van der Waals surface area contributed by atoms with Crippen molar-refractivity contribution in [2.75, 3.05) is 18.0 Å². The largest absolute Gasteiger partial charge is 0.391 e. The lowest BCUT2D eigenvalue weighted by Crippen LogP contribution is -2.48. The maximum absolute atomic E-state index is 10.4. The van der Waals surface area contributed by atoms with Crippen LogP contribution in [0.15, 0.2) is 42.9 Å². The molecule has 2 fully saturated rings. The lowest BCUT2D eigenvalue weighted by atomic mass is 10.0. The Hall–Kier alpha value is -1.92. The van der Waals surface area contributed by atoms with Crippen molar-refractivity contribution < 1.29 is 5.11 Å². The molecule has 0 aromatic carbocycles. The van der Waals surface area contributed by atoms with Crippen LogP contribution in [0.3, 0.4) is 0 Å². The average molecular weight is 341 g/mol. The summed E-state index contributed by atoms with van der Waals surface area (Å²) in [5.74, 6) is 1.57. The van der Waals surface area contributed by atoms with Gasteiger partial charge < -0.3 is 15.3 Å². The smallest absolute Gasteiger partial charge is 0.128 e. The molecule has 2 aliphatic rings. The zero-order valence-corrected chi connectivity index (χ0v) is 14.5. The van der Waals surface area contributed by atoms with E-state index in [1.807, 2.05) is 41.5 Å². The van der Waals surface area contributed by atoms with Gasteiger partial charge in [0.05, 0.1) is 6.10 Å². The molecule has 6 nitrogen and oxygen atoms in total. The van der Waals surface area contributed by atoms with Gasteiger partial charge in [-0.2, -0.15) is 5.10 Å². The summed E-state index contributed by atoms with van der Waals surface area (Å²) in [4.78, 5) is 6.80. The number of hydrogen-bond acceptors (Lipinski definition) is 5. The third-order valence-corrected chi connectivity index (χ3v) is 5.55. The number of anilines is 1. The van der Waals surface area contributed by atoms with Crippen LogP contribution >= 0.6 is 0 Å². The highest BCUT2D eigenvalue weighted by Crippen LogP contribution is 2.29. The van der Waals surface area contributed by atoms with Gasteiger partial charge in [-0.25, -0.2) is 4.98 Å². The lowest BCUT2D eigenvalue weighted by molar-refractivity contribution is 0.137. The molecule has 6 heteroatoms. The number of aliphatic hydroxyl groups is 1. The topological polar surface area (TPSA) is 66.2 Å². The third-order valence-electron chi connectivity index (χ3n) is 5.55. The molecule has 3 heterocycles. The van der Waals surface area contributed by atoms with E-state index in [2.05, 4.69) is 26.4 Å². The zero-order chi connectivity index (χ0) is 17.1.